The molecule has 0 bridgehead atoms. The maximum Gasteiger partial charge on any atom is 0.142 e. The van der Waals surface area contributed by atoms with Crippen molar-refractivity contribution < 1.29 is 4.74 Å². The highest BCUT2D eigenvalue weighted by molar-refractivity contribution is 6.30. The predicted molar refractivity (Wildman–Crippen MR) is 86.8 cm³/mol. The molecule has 1 heterocycles. The zero-order chi connectivity index (χ0) is 15.4. The smallest absolute Gasteiger partial charge is 0.142 e. The third-order valence-corrected chi connectivity index (χ3v) is 3.71. The summed E-state index contributed by atoms with van der Waals surface area (Å²) in [7, 11) is 3.62. The van der Waals surface area contributed by atoms with Crippen LogP contribution in [0.2, 0.25) is 5.15 Å². The van der Waals surface area contributed by atoms with Crippen molar-refractivity contribution in [2.24, 2.45) is 0 Å². The van der Waals surface area contributed by atoms with Crippen molar-refractivity contribution in [3.8, 4) is 5.75 Å². The molecule has 0 unspecified atom stereocenters. The maximum atomic E-state index is 6.25. The summed E-state index contributed by atoms with van der Waals surface area (Å²) < 4.78 is 5.42. The molecule has 21 heavy (non-hydrogen) atoms. The van der Waals surface area contributed by atoms with Crippen molar-refractivity contribution in [2.75, 3.05) is 19.1 Å². The number of halogens is 1. The highest BCUT2D eigenvalue weighted by Crippen LogP contribution is 2.34. The molecular weight excluding hydrogens is 286 g/mol. The van der Waals surface area contributed by atoms with Crippen molar-refractivity contribution in [3.05, 3.63) is 40.8 Å². The maximum absolute atomic E-state index is 6.25. The summed E-state index contributed by atoms with van der Waals surface area (Å²) in [5.41, 5.74) is 1.81. The van der Waals surface area contributed by atoms with Gasteiger partial charge in [0.05, 0.1) is 12.8 Å². The number of aryl methyl sites for hydroxylation is 1. The number of para-hydroxylation sites is 2. The molecule has 2 rings (SSSR count). The Bertz CT molecular complexity index is 631. The molecule has 0 saturated carbocycles. The number of hydrogen-bond donors (Lipinski definition) is 0. The van der Waals surface area contributed by atoms with Crippen LogP contribution in [0.4, 0.5) is 11.5 Å². The zero-order valence-corrected chi connectivity index (χ0v) is 13.6. The molecule has 0 N–H and O–H groups in total. The molecule has 1 aromatic carbocycles. The molecule has 112 valence electrons. The summed E-state index contributed by atoms with van der Waals surface area (Å²) in [5, 5.41) is 0.505. The minimum Gasteiger partial charge on any atom is -0.495 e. The van der Waals surface area contributed by atoms with Crippen LogP contribution in [0, 0.1) is 6.92 Å². The Morgan fingerprint density at radius 1 is 1.24 bits per heavy atom. The number of benzene rings is 1. The van der Waals surface area contributed by atoms with E-state index in [1.54, 1.807) is 7.11 Å². The van der Waals surface area contributed by atoms with Crippen molar-refractivity contribution in [2.45, 2.75) is 26.7 Å². The Hall–Kier alpha value is -1.81. The average molecular weight is 306 g/mol. The van der Waals surface area contributed by atoms with Gasteiger partial charge in [-0.05, 0) is 25.5 Å². The van der Waals surface area contributed by atoms with Gasteiger partial charge in [-0.25, -0.2) is 9.97 Å². The molecule has 0 saturated heterocycles. The van der Waals surface area contributed by atoms with Gasteiger partial charge in [0.25, 0.3) is 0 Å². The monoisotopic (exact) mass is 305 g/mol. The lowest BCUT2D eigenvalue weighted by atomic mass is 10.2. The van der Waals surface area contributed by atoms with E-state index in [9.17, 15) is 0 Å². The van der Waals surface area contributed by atoms with Crippen molar-refractivity contribution in [3.63, 3.8) is 0 Å². The molecule has 1 aromatic heterocycles. The first-order valence-electron chi connectivity index (χ1n) is 6.98. The predicted octanol–water partition coefficient (Wildman–Crippen LogP) is 4.17. The SMILES string of the molecule is CCCc1nc(Cl)c(C)c(N(C)c2ccccc2OC)n1. The van der Waals surface area contributed by atoms with Gasteiger partial charge >= 0.3 is 0 Å². The van der Waals surface area contributed by atoms with Gasteiger partial charge < -0.3 is 9.64 Å². The van der Waals surface area contributed by atoms with Gasteiger partial charge in [-0.15, -0.1) is 0 Å². The number of aromatic nitrogens is 2. The van der Waals surface area contributed by atoms with Gasteiger partial charge in [0.15, 0.2) is 0 Å². The van der Waals surface area contributed by atoms with Gasteiger partial charge in [0.1, 0.15) is 22.5 Å². The van der Waals surface area contributed by atoms with E-state index in [2.05, 4.69) is 16.9 Å². The molecule has 0 amide bonds. The summed E-state index contributed by atoms with van der Waals surface area (Å²) in [5.74, 6) is 2.37. The van der Waals surface area contributed by atoms with E-state index in [0.29, 0.717) is 5.15 Å². The summed E-state index contributed by atoms with van der Waals surface area (Å²) in [6, 6.07) is 7.84. The Kier molecular flexibility index (Phi) is 5.02. The standard InChI is InChI=1S/C16H20ClN3O/c1-5-8-14-18-15(17)11(2)16(19-14)20(3)12-9-6-7-10-13(12)21-4/h6-7,9-10H,5,8H2,1-4H3. The van der Waals surface area contributed by atoms with Gasteiger partial charge in [-0.3, -0.25) is 0 Å². The third kappa shape index (κ3) is 3.27. The molecule has 0 aliphatic rings. The van der Waals surface area contributed by atoms with Crippen LogP contribution >= 0.6 is 11.6 Å². The molecule has 0 spiro atoms. The second kappa shape index (κ2) is 6.76. The summed E-state index contributed by atoms with van der Waals surface area (Å²) in [6.07, 6.45) is 1.80. The minimum atomic E-state index is 0.505. The van der Waals surface area contributed by atoms with E-state index in [1.807, 2.05) is 43.1 Å². The highest BCUT2D eigenvalue weighted by Gasteiger charge is 2.16. The van der Waals surface area contributed by atoms with Crippen LogP contribution in [0.5, 0.6) is 5.75 Å². The second-order valence-electron chi connectivity index (χ2n) is 4.86. The molecule has 5 heteroatoms. The molecule has 4 nitrogen and oxygen atoms in total. The fourth-order valence-corrected chi connectivity index (χ4v) is 2.39. The van der Waals surface area contributed by atoms with E-state index < -0.39 is 0 Å². The Labute approximate surface area is 130 Å². The van der Waals surface area contributed by atoms with Gasteiger partial charge in [-0.2, -0.15) is 0 Å². The number of hydrogen-bond acceptors (Lipinski definition) is 4. The molecule has 0 aliphatic heterocycles. The normalized spacial score (nSPS) is 10.5. The van der Waals surface area contributed by atoms with Crippen LogP contribution < -0.4 is 9.64 Å². The quantitative estimate of drug-likeness (QED) is 0.777. The molecule has 0 fully saturated rings. The van der Waals surface area contributed by atoms with Crippen molar-refractivity contribution >= 4 is 23.1 Å². The first kappa shape index (κ1) is 15.6. The number of nitrogens with zero attached hydrogens (tertiary/aromatic N) is 3. The summed E-state index contributed by atoms with van der Waals surface area (Å²) in [4.78, 5) is 11.0. The molecule has 2 aromatic rings. The van der Waals surface area contributed by atoms with E-state index in [4.69, 9.17) is 16.3 Å². The number of ether oxygens (including phenoxy) is 1. The third-order valence-electron chi connectivity index (χ3n) is 3.34. The Balaban J connectivity index is 2.49. The Morgan fingerprint density at radius 2 is 1.95 bits per heavy atom. The lowest BCUT2D eigenvalue weighted by molar-refractivity contribution is 0.415. The van der Waals surface area contributed by atoms with E-state index >= 15 is 0 Å². The lowest BCUT2D eigenvalue weighted by Crippen LogP contribution is -2.15. The van der Waals surface area contributed by atoms with Crippen molar-refractivity contribution in [1.82, 2.24) is 9.97 Å². The van der Waals surface area contributed by atoms with Crippen LogP contribution in [-0.2, 0) is 6.42 Å². The van der Waals surface area contributed by atoms with Crippen LogP contribution in [0.15, 0.2) is 24.3 Å². The summed E-state index contributed by atoms with van der Waals surface area (Å²) >= 11 is 6.25. The first-order valence-corrected chi connectivity index (χ1v) is 7.36. The van der Waals surface area contributed by atoms with Gasteiger partial charge in [0.2, 0.25) is 0 Å². The van der Waals surface area contributed by atoms with Crippen LogP contribution in [0.1, 0.15) is 24.7 Å². The highest BCUT2D eigenvalue weighted by atomic mass is 35.5. The second-order valence-corrected chi connectivity index (χ2v) is 5.22. The largest absolute Gasteiger partial charge is 0.495 e. The fraction of sp³-hybridized carbons (Fsp3) is 0.375. The Morgan fingerprint density at radius 3 is 2.62 bits per heavy atom. The molecule has 0 aliphatic carbocycles. The van der Waals surface area contributed by atoms with Crippen molar-refractivity contribution in [1.29, 1.82) is 0 Å². The lowest BCUT2D eigenvalue weighted by Gasteiger charge is -2.23. The molecule has 0 atom stereocenters. The van der Waals surface area contributed by atoms with Gasteiger partial charge in [0, 0.05) is 19.0 Å². The van der Waals surface area contributed by atoms with E-state index in [-0.39, 0.29) is 0 Å². The van der Waals surface area contributed by atoms with Crippen LogP contribution in [0.25, 0.3) is 0 Å². The number of rotatable bonds is 5. The summed E-state index contributed by atoms with van der Waals surface area (Å²) in [6.45, 7) is 4.03. The molecular formula is C16H20ClN3O. The minimum absolute atomic E-state index is 0.505. The first-order chi connectivity index (χ1) is 10.1. The van der Waals surface area contributed by atoms with E-state index in [0.717, 1.165) is 41.5 Å². The fourth-order valence-electron chi connectivity index (χ4n) is 2.20. The average Bonchev–Trinajstić information content (AvgIpc) is 2.50. The zero-order valence-electron chi connectivity index (χ0n) is 12.9. The number of methoxy groups -OCH3 is 1. The van der Waals surface area contributed by atoms with Crippen LogP contribution in [0.3, 0.4) is 0 Å². The molecule has 0 radical (unpaired) electrons. The van der Waals surface area contributed by atoms with E-state index in [1.165, 1.54) is 0 Å². The van der Waals surface area contributed by atoms with Gasteiger partial charge in [-0.1, -0.05) is 30.7 Å². The number of anilines is 2. The van der Waals surface area contributed by atoms with Crippen LogP contribution in [-0.4, -0.2) is 24.1 Å². The topological polar surface area (TPSA) is 38.2 Å².